The van der Waals surface area contributed by atoms with E-state index in [2.05, 4.69) is 10.3 Å². The van der Waals surface area contributed by atoms with Gasteiger partial charge in [0.15, 0.2) is 11.6 Å². The van der Waals surface area contributed by atoms with Gasteiger partial charge in [0.1, 0.15) is 11.9 Å². The molecule has 2 heterocycles. The lowest BCUT2D eigenvalue weighted by molar-refractivity contribution is -0.139. The lowest BCUT2D eigenvalue weighted by Crippen LogP contribution is -2.46. The Labute approximate surface area is 202 Å². The molecule has 0 radical (unpaired) electrons. The van der Waals surface area contributed by atoms with Crippen LogP contribution >= 0.6 is 0 Å². The van der Waals surface area contributed by atoms with Crippen LogP contribution in [-0.2, 0) is 16.1 Å². The molecule has 3 aromatic rings. The SMILES string of the molecule is Cc1ccc(CNC(=O)C2CCN(C(=O)C(C(C)C)n3cnc4cc(F)c(F)cc43)CC2)cc1F. The third-order valence-corrected chi connectivity index (χ3v) is 6.68. The van der Waals surface area contributed by atoms with E-state index in [0.717, 1.165) is 12.1 Å². The van der Waals surface area contributed by atoms with Crippen LogP contribution in [0.3, 0.4) is 0 Å². The van der Waals surface area contributed by atoms with Crippen molar-refractivity contribution < 1.29 is 22.8 Å². The summed E-state index contributed by atoms with van der Waals surface area (Å²) in [5.41, 5.74) is 1.89. The zero-order valence-electron chi connectivity index (χ0n) is 20.0. The van der Waals surface area contributed by atoms with Crippen molar-refractivity contribution in [2.24, 2.45) is 11.8 Å². The Morgan fingerprint density at radius 2 is 1.74 bits per heavy atom. The molecule has 1 aliphatic heterocycles. The second kappa shape index (κ2) is 10.1. The van der Waals surface area contributed by atoms with E-state index in [1.54, 1.807) is 28.5 Å². The molecule has 2 amide bonds. The summed E-state index contributed by atoms with van der Waals surface area (Å²) in [4.78, 5) is 32.0. The van der Waals surface area contributed by atoms with E-state index in [0.29, 0.717) is 42.6 Å². The molecule has 2 aromatic carbocycles. The molecule has 1 unspecified atom stereocenters. The van der Waals surface area contributed by atoms with Crippen molar-refractivity contribution in [2.75, 3.05) is 13.1 Å². The highest BCUT2D eigenvalue weighted by Gasteiger charge is 2.34. The van der Waals surface area contributed by atoms with E-state index >= 15 is 0 Å². The van der Waals surface area contributed by atoms with Gasteiger partial charge < -0.3 is 14.8 Å². The van der Waals surface area contributed by atoms with Gasteiger partial charge >= 0.3 is 0 Å². The van der Waals surface area contributed by atoms with Gasteiger partial charge in [-0.1, -0.05) is 26.0 Å². The molecule has 1 aromatic heterocycles. The zero-order chi connectivity index (χ0) is 25.3. The smallest absolute Gasteiger partial charge is 0.245 e. The summed E-state index contributed by atoms with van der Waals surface area (Å²) in [6.45, 7) is 6.54. The number of likely N-dealkylation sites (tertiary alicyclic amines) is 1. The molecule has 1 atom stereocenters. The maximum absolute atomic E-state index is 13.9. The number of nitrogens with one attached hydrogen (secondary N) is 1. The zero-order valence-corrected chi connectivity index (χ0v) is 20.0. The van der Waals surface area contributed by atoms with Crippen LogP contribution in [0.1, 0.15) is 43.9 Å². The second-order valence-electron chi connectivity index (χ2n) is 9.50. The van der Waals surface area contributed by atoms with Gasteiger partial charge in [0.25, 0.3) is 0 Å². The average molecular weight is 487 g/mol. The van der Waals surface area contributed by atoms with Crippen LogP contribution in [0.4, 0.5) is 13.2 Å². The number of rotatable bonds is 6. The number of benzene rings is 2. The quantitative estimate of drug-likeness (QED) is 0.557. The molecule has 0 bridgehead atoms. The van der Waals surface area contributed by atoms with E-state index in [9.17, 15) is 22.8 Å². The summed E-state index contributed by atoms with van der Waals surface area (Å²) in [6.07, 6.45) is 2.46. The van der Waals surface area contributed by atoms with Crippen LogP contribution in [0, 0.1) is 36.2 Å². The van der Waals surface area contributed by atoms with Crippen molar-refractivity contribution in [1.82, 2.24) is 19.8 Å². The van der Waals surface area contributed by atoms with Crippen LogP contribution in [0.15, 0.2) is 36.7 Å². The Bertz CT molecular complexity index is 1250. The van der Waals surface area contributed by atoms with Crippen molar-refractivity contribution in [1.29, 1.82) is 0 Å². The number of imidazole rings is 1. The van der Waals surface area contributed by atoms with Crippen LogP contribution in [0.5, 0.6) is 0 Å². The summed E-state index contributed by atoms with van der Waals surface area (Å²) >= 11 is 0. The van der Waals surface area contributed by atoms with Crippen molar-refractivity contribution >= 4 is 22.8 Å². The molecular weight excluding hydrogens is 457 g/mol. The van der Waals surface area contributed by atoms with Gasteiger partial charge in [-0.3, -0.25) is 9.59 Å². The summed E-state index contributed by atoms with van der Waals surface area (Å²) in [7, 11) is 0. The highest BCUT2D eigenvalue weighted by Crippen LogP contribution is 2.29. The fourth-order valence-electron chi connectivity index (χ4n) is 4.60. The number of piperidine rings is 1. The number of aromatic nitrogens is 2. The number of aryl methyl sites for hydroxylation is 1. The second-order valence-corrected chi connectivity index (χ2v) is 9.50. The predicted octanol–water partition coefficient (Wildman–Crippen LogP) is 4.51. The minimum absolute atomic E-state index is 0.114. The largest absolute Gasteiger partial charge is 0.352 e. The maximum atomic E-state index is 13.9. The summed E-state index contributed by atoms with van der Waals surface area (Å²) < 4.78 is 42.8. The van der Waals surface area contributed by atoms with E-state index < -0.39 is 17.7 Å². The Hall–Kier alpha value is -3.36. The summed E-state index contributed by atoms with van der Waals surface area (Å²) in [6, 6.07) is 6.34. The number of halogens is 3. The molecule has 1 aliphatic rings. The molecule has 1 fully saturated rings. The lowest BCUT2D eigenvalue weighted by Gasteiger charge is -2.35. The van der Waals surface area contributed by atoms with Crippen molar-refractivity contribution in [3.8, 4) is 0 Å². The van der Waals surface area contributed by atoms with E-state index in [1.165, 1.54) is 12.4 Å². The number of hydrogen-bond acceptors (Lipinski definition) is 3. The highest BCUT2D eigenvalue weighted by molar-refractivity contribution is 5.85. The maximum Gasteiger partial charge on any atom is 0.245 e. The molecule has 186 valence electrons. The molecular formula is C26H29F3N4O2. The number of fused-ring (bicyclic) bond motifs is 1. The van der Waals surface area contributed by atoms with Gasteiger partial charge in [-0.05, 0) is 42.9 Å². The van der Waals surface area contributed by atoms with Gasteiger partial charge in [0, 0.05) is 37.7 Å². The van der Waals surface area contributed by atoms with Gasteiger partial charge in [-0.15, -0.1) is 0 Å². The number of amides is 2. The Morgan fingerprint density at radius 1 is 1.06 bits per heavy atom. The van der Waals surface area contributed by atoms with Crippen molar-refractivity contribution in [3.63, 3.8) is 0 Å². The third-order valence-electron chi connectivity index (χ3n) is 6.68. The third kappa shape index (κ3) is 5.18. The minimum atomic E-state index is -0.991. The van der Waals surface area contributed by atoms with Crippen LogP contribution in [0.25, 0.3) is 11.0 Å². The topological polar surface area (TPSA) is 67.2 Å². The molecule has 35 heavy (non-hydrogen) atoms. The molecule has 0 aliphatic carbocycles. The average Bonchev–Trinajstić information content (AvgIpc) is 3.21. The molecule has 6 nitrogen and oxygen atoms in total. The first-order chi connectivity index (χ1) is 16.7. The molecule has 4 rings (SSSR count). The first kappa shape index (κ1) is 24.8. The first-order valence-electron chi connectivity index (χ1n) is 11.8. The van der Waals surface area contributed by atoms with Gasteiger partial charge in [0.05, 0.1) is 17.4 Å². The number of carbonyl (C=O) groups is 2. The molecule has 0 spiro atoms. The van der Waals surface area contributed by atoms with Crippen molar-refractivity contribution in [2.45, 2.75) is 46.2 Å². The Balaban J connectivity index is 1.39. The Morgan fingerprint density at radius 3 is 2.40 bits per heavy atom. The standard InChI is InChI=1S/C26H29F3N4O2/c1-15(2)24(33-14-31-22-11-20(28)21(29)12-23(22)33)26(35)32-8-6-18(7-9-32)25(34)30-13-17-5-4-16(3)19(27)10-17/h4-5,10-12,14-15,18,24H,6-9,13H2,1-3H3,(H,30,34). The normalized spacial score (nSPS) is 15.6. The molecule has 9 heteroatoms. The van der Waals surface area contributed by atoms with Crippen LogP contribution in [0.2, 0.25) is 0 Å². The summed E-state index contributed by atoms with van der Waals surface area (Å²) in [5, 5.41) is 2.87. The highest BCUT2D eigenvalue weighted by atomic mass is 19.2. The Kier molecular flexibility index (Phi) is 7.14. The lowest BCUT2D eigenvalue weighted by atomic mass is 9.94. The van der Waals surface area contributed by atoms with E-state index in [4.69, 9.17) is 0 Å². The minimum Gasteiger partial charge on any atom is -0.352 e. The fourth-order valence-corrected chi connectivity index (χ4v) is 4.60. The monoisotopic (exact) mass is 486 g/mol. The van der Waals surface area contributed by atoms with Gasteiger partial charge in [-0.25, -0.2) is 18.2 Å². The van der Waals surface area contributed by atoms with Gasteiger partial charge in [-0.2, -0.15) is 0 Å². The number of carbonyl (C=O) groups excluding carboxylic acids is 2. The van der Waals surface area contributed by atoms with E-state index in [1.807, 2.05) is 13.8 Å². The molecule has 1 saturated heterocycles. The van der Waals surface area contributed by atoms with Gasteiger partial charge in [0.2, 0.25) is 11.8 Å². The summed E-state index contributed by atoms with van der Waals surface area (Å²) in [5.74, 6) is -2.89. The number of nitrogens with zero attached hydrogens (tertiary/aromatic N) is 3. The van der Waals surface area contributed by atoms with E-state index in [-0.39, 0.29) is 41.5 Å². The molecule has 0 saturated carbocycles. The fraction of sp³-hybridized carbons (Fsp3) is 0.423. The van der Waals surface area contributed by atoms with Crippen molar-refractivity contribution in [3.05, 3.63) is 65.2 Å². The molecule has 1 N–H and O–H groups in total. The predicted molar refractivity (Wildman–Crippen MR) is 126 cm³/mol. The first-order valence-corrected chi connectivity index (χ1v) is 11.8. The van der Waals surface area contributed by atoms with Crippen LogP contribution in [-0.4, -0.2) is 39.4 Å². The number of hydrogen-bond donors (Lipinski definition) is 1. The van der Waals surface area contributed by atoms with Crippen LogP contribution < -0.4 is 5.32 Å².